The molecule has 0 heteroatoms. The van der Waals surface area contributed by atoms with Gasteiger partial charge in [-0.2, -0.15) is 0 Å². The lowest BCUT2D eigenvalue weighted by atomic mass is 9.76. The second-order valence-electron chi connectivity index (χ2n) is 10.1. The molecule has 0 aromatic heterocycles. The SMILES string of the molecule is C1=CC2CC1C1C3C=CC(C3)C21.C1=CCC2C(=C1)C1CC1C1CC21. The monoisotopic (exact) mass is 316 g/mol. The third-order valence-corrected chi connectivity index (χ3v) is 9.19. The first-order chi connectivity index (χ1) is 11.9. The van der Waals surface area contributed by atoms with Crippen LogP contribution in [0.2, 0.25) is 0 Å². The van der Waals surface area contributed by atoms with Gasteiger partial charge in [0.15, 0.2) is 0 Å². The molecule has 0 nitrogen and oxygen atoms in total. The van der Waals surface area contributed by atoms with Crippen molar-refractivity contribution >= 4 is 0 Å². The van der Waals surface area contributed by atoms with E-state index in [0.29, 0.717) is 0 Å². The van der Waals surface area contributed by atoms with Crippen molar-refractivity contribution in [1.82, 2.24) is 0 Å². The second kappa shape index (κ2) is 4.37. The Morgan fingerprint density at radius 3 is 1.92 bits per heavy atom. The predicted octanol–water partition coefficient (Wildman–Crippen LogP) is 5.41. The van der Waals surface area contributed by atoms with Gasteiger partial charge >= 0.3 is 0 Å². The molecule has 0 saturated heterocycles. The second-order valence-corrected chi connectivity index (χ2v) is 10.1. The van der Waals surface area contributed by atoms with Gasteiger partial charge < -0.3 is 0 Å². The van der Waals surface area contributed by atoms with Crippen molar-refractivity contribution in [2.75, 3.05) is 0 Å². The van der Waals surface area contributed by atoms with Crippen LogP contribution in [0.25, 0.3) is 0 Å². The van der Waals surface area contributed by atoms with E-state index in [2.05, 4.69) is 42.5 Å². The Kier molecular flexibility index (Phi) is 2.41. The molecule has 124 valence electrons. The molecule has 9 atom stereocenters. The van der Waals surface area contributed by atoms with E-state index in [4.69, 9.17) is 0 Å². The van der Waals surface area contributed by atoms with Gasteiger partial charge in [-0.1, -0.05) is 48.1 Å². The van der Waals surface area contributed by atoms with Crippen LogP contribution in [0.4, 0.5) is 0 Å². The maximum Gasteiger partial charge on any atom is -0.0131 e. The summed E-state index contributed by atoms with van der Waals surface area (Å²) in [5.41, 5.74) is 1.83. The minimum atomic E-state index is 0.972. The molecule has 0 amide bonds. The average molecular weight is 316 g/mol. The minimum Gasteiger partial charge on any atom is -0.0848 e. The molecule has 0 aliphatic heterocycles. The Labute approximate surface area is 145 Å². The van der Waals surface area contributed by atoms with Gasteiger partial charge in [-0.3, -0.25) is 0 Å². The Morgan fingerprint density at radius 2 is 1.25 bits per heavy atom. The molecule has 0 N–H and O–H groups in total. The van der Waals surface area contributed by atoms with Gasteiger partial charge in [0.1, 0.15) is 0 Å². The van der Waals surface area contributed by atoms with Crippen molar-refractivity contribution in [3.05, 3.63) is 48.1 Å². The summed E-state index contributed by atoms with van der Waals surface area (Å²) < 4.78 is 0. The van der Waals surface area contributed by atoms with Crippen molar-refractivity contribution < 1.29 is 0 Å². The zero-order valence-corrected chi connectivity index (χ0v) is 14.4. The minimum absolute atomic E-state index is 0.972. The van der Waals surface area contributed by atoms with Gasteiger partial charge in [0, 0.05) is 0 Å². The van der Waals surface area contributed by atoms with Crippen LogP contribution in [0.1, 0.15) is 32.1 Å². The van der Waals surface area contributed by atoms with Crippen LogP contribution in [0.15, 0.2) is 48.1 Å². The first-order valence-corrected chi connectivity index (χ1v) is 10.6. The topological polar surface area (TPSA) is 0 Å². The maximum absolute atomic E-state index is 2.50. The fourth-order valence-corrected chi connectivity index (χ4v) is 8.18. The van der Waals surface area contributed by atoms with Gasteiger partial charge in [0.25, 0.3) is 0 Å². The van der Waals surface area contributed by atoms with Crippen LogP contribution in [0.3, 0.4) is 0 Å². The highest BCUT2D eigenvalue weighted by Gasteiger charge is 2.62. The number of fused-ring (bicyclic) bond motifs is 15. The molecule has 0 spiro atoms. The summed E-state index contributed by atoms with van der Waals surface area (Å²) in [4.78, 5) is 0. The van der Waals surface area contributed by atoms with Crippen LogP contribution < -0.4 is 0 Å². The fraction of sp³-hybridized carbons (Fsp3) is 0.667. The lowest BCUT2D eigenvalue weighted by Crippen LogP contribution is -2.23. The molecule has 9 unspecified atom stereocenters. The maximum atomic E-state index is 2.50. The lowest BCUT2D eigenvalue weighted by Gasteiger charge is -2.28. The third kappa shape index (κ3) is 1.61. The van der Waals surface area contributed by atoms with E-state index in [9.17, 15) is 0 Å². The number of allylic oxidation sites excluding steroid dienone is 8. The molecule has 5 saturated carbocycles. The summed E-state index contributed by atoms with van der Waals surface area (Å²) >= 11 is 0. The highest BCUT2D eigenvalue weighted by Crippen LogP contribution is 2.70. The molecule has 24 heavy (non-hydrogen) atoms. The molecule has 5 fully saturated rings. The Morgan fingerprint density at radius 1 is 0.625 bits per heavy atom. The quantitative estimate of drug-likeness (QED) is 0.414. The molecule has 8 aliphatic rings. The van der Waals surface area contributed by atoms with Crippen molar-refractivity contribution in [3.8, 4) is 0 Å². The number of hydrogen-bond donors (Lipinski definition) is 0. The van der Waals surface area contributed by atoms with E-state index >= 15 is 0 Å². The van der Waals surface area contributed by atoms with E-state index < -0.39 is 0 Å². The van der Waals surface area contributed by atoms with Crippen molar-refractivity contribution in [2.45, 2.75) is 32.1 Å². The summed E-state index contributed by atoms with van der Waals surface area (Å²) in [7, 11) is 0. The van der Waals surface area contributed by atoms with E-state index in [1.165, 1.54) is 31.6 Å². The van der Waals surface area contributed by atoms with Gasteiger partial charge in [-0.05, 0) is 97.2 Å². The van der Waals surface area contributed by atoms with E-state index in [0.717, 1.165) is 59.2 Å². The first-order valence-electron chi connectivity index (χ1n) is 10.6. The van der Waals surface area contributed by atoms with Gasteiger partial charge in [-0.15, -0.1) is 0 Å². The van der Waals surface area contributed by atoms with E-state index in [1.54, 1.807) is 6.42 Å². The molecule has 0 heterocycles. The van der Waals surface area contributed by atoms with Crippen LogP contribution in [0.5, 0.6) is 0 Å². The highest BCUT2D eigenvalue weighted by molar-refractivity contribution is 5.34. The van der Waals surface area contributed by atoms with Crippen molar-refractivity contribution in [3.63, 3.8) is 0 Å². The smallest absolute Gasteiger partial charge is 0.0131 e. The van der Waals surface area contributed by atoms with Crippen LogP contribution >= 0.6 is 0 Å². The summed E-state index contributed by atoms with van der Waals surface area (Å²) in [6.45, 7) is 0. The summed E-state index contributed by atoms with van der Waals surface area (Å²) in [6.07, 6.45) is 24.5. The molecule has 0 radical (unpaired) electrons. The molecule has 4 bridgehead atoms. The van der Waals surface area contributed by atoms with Crippen LogP contribution in [-0.2, 0) is 0 Å². The fourth-order valence-electron chi connectivity index (χ4n) is 8.18. The van der Waals surface area contributed by atoms with E-state index in [1.807, 2.05) is 5.57 Å². The lowest BCUT2D eigenvalue weighted by molar-refractivity contribution is 0.290. The number of hydrogen-bond acceptors (Lipinski definition) is 0. The predicted molar refractivity (Wildman–Crippen MR) is 97.0 cm³/mol. The number of rotatable bonds is 0. The third-order valence-electron chi connectivity index (χ3n) is 9.19. The molecule has 0 aromatic carbocycles. The molecule has 0 aromatic rings. The zero-order valence-electron chi connectivity index (χ0n) is 14.4. The molecular weight excluding hydrogens is 288 g/mol. The molecule has 8 aliphatic carbocycles. The van der Waals surface area contributed by atoms with Gasteiger partial charge in [0.2, 0.25) is 0 Å². The standard InChI is InChI=1S/2C12H14/c1-2-8-5-7(1)11-9-3-4-10(6-9)12(8)11;1-2-4-8-7(3-1)9-5-11(9)12-6-10(8)12/h1-4,7-12H,5-6H2;1-3,8-12H,4-6H2. The summed E-state index contributed by atoms with van der Waals surface area (Å²) in [6, 6.07) is 0. The van der Waals surface area contributed by atoms with Crippen LogP contribution in [0, 0.1) is 65.1 Å². The van der Waals surface area contributed by atoms with Crippen molar-refractivity contribution in [2.24, 2.45) is 65.1 Å². The molecule has 8 rings (SSSR count). The summed E-state index contributed by atoms with van der Waals surface area (Å²) in [5.74, 6) is 11.5. The normalized spacial score (nSPS) is 60.7. The Hall–Kier alpha value is -1.04. The Balaban J connectivity index is 0.0000000937. The average Bonchev–Trinajstić information content (AvgIpc) is 3.37. The largest absolute Gasteiger partial charge is 0.0848 e. The first kappa shape index (κ1) is 13.2. The summed E-state index contributed by atoms with van der Waals surface area (Å²) in [5, 5.41) is 0. The highest BCUT2D eigenvalue weighted by atomic mass is 14.7. The zero-order chi connectivity index (χ0) is 15.4. The van der Waals surface area contributed by atoms with E-state index in [-0.39, 0.29) is 0 Å². The van der Waals surface area contributed by atoms with Crippen molar-refractivity contribution in [1.29, 1.82) is 0 Å². The Bertz CT molecular complexity index is 652. The van der Waals surface area contributed by atoms with Crippen LogP contribution in [-0.4, -0.2) is 0 Å². The molecular formula is C24H28. The van der Waals surface area contributed by atoms with Gasteiger partial charge in [0.05, 0.1) is 0 Å². The van der Waals surface area contributed by atoms with Gasteiger partial charge in [-0.25, -0.2) is 0 Å².